The number of hydrogen-bond donors (Lipinski definition) is 2. The molecule has 2 rings (SSSR count). The smallest absolute Gasteiger partial charge is 0.0946 e. The van der Waals surface area contributed by atoms with Crippen LogP contribution >= 0.6 is 0 Å². The second-order valence-corrected chi connectivity index (χ2v) is 6.08. The number of nitrogens with one attached hydrogen (secondary N) is 1. The zero-order valence-electron chi connectivity index (χ0n) is 11.7. The van der Waals surface area contributed by atoms with Crippen molar-refractivity contribution in [3.63, 3.8) is 0 Å². The van der Waals surface area contributed by atoms with Crippen molar-refractivity contribution in [2.75, 3.05) is 13.1 Å². The summed E-state index contributed by atoms with van der Waals surface area (Å²) in [5.41, 5.74) is 1.77. The summed E-state index contributed by atoms with van der Waals surface area (Å²) in [7, 11) is 0. The third-order valence-electron chi connectivity index (χ3n) is 4.02. The summed E-state index contributed by atoms with van der Waals surface area (Å²) in [6, 6.07) is 8.52. The predicted molar refractivity (Wildman–Crippen MR) is 75.5 cm³/mol. The molecule has 0 aliphatic carbocycles. The van der Waals surface area contributed by atoms with Crippen LogP contribution in [0.4, 0.5) is 0 Å². The topological polar surface area (TPSA) is 32.3 Å². The Labute approximate surface area is 110 Å². The average Bonchev–Trinajstić information content (AvgIpc) is 2.32. The highest BCUT2D eigenvalue weighted by Gasteiger charge is 2.37. The fourth-order valence-corrected chi connectivity index (χ4v) is 2.88. The first kappa shape index (κ1) is 13.6. The van der Waals surface area contributed by atoms with Gasteiger partial charge in [0.1, 0.15) is 0 Å². The zero-order chi connectivity index (χ0) is 13.2. The molecule has 0 bridgehead atoms. The molecule has 1 aliphatic rings. The van der Waals surface area contributed by atoms with Crippen LogP contribution in [0.15, 0.2) is 24.3 Å². The van der Waals surface area contributed by atoms with Crippen molar-refractivity contribution in [2.45, 2.75) is 39.2 Å². The van der Waals surface area contributed by atoms with E-state index in [0.717, 1.165) is 31.5 Å². The predicted octanol–water partition coefficient (Wildman–Crippen LogP) is 2.70. The van der Waals surface area contributed by atoms with Crippen LogP contribution < -0.4 is 5.32 Å². The minimum atomic E-state index is -0.655. The maximum absolute atomic E-state index is 10.9. The molecule has 0 radical (unpaired) electrons. The molecule has 0 spiro atoms. The molecule has 1 aromatic carbocycles. The second kappa shape index (κ2) is 5.41. The summed E-state index contributed by atoms with van der Waals surface area (Å²) >= 11 is 0. The molecule has 0 amide bonds. The molecule has 1 heterocycles. The van der Waals surface area contributed by atoms with Gasteiger partial charge in [0, 0.05) is 12.5 Å². The van der Waals surface area contributed by atoms with Gasteiger partial charge in [0.2, 0.25) is 0 Å². The van der Waals surface area contributed by atoms with Gasteiger partial charge < -0.3 is 10.4 Å². The van der Waals surface area contributed by atoms with Crippen molar-refractivity contribution >= 4 is 0 Å². The summed E-state index contributed by atoms with van der Waals surface area (Å²) < 4.78 is 0. The molecule has 2 unspecified atom stereocenters. The van der Waals surface area contributed by atoms with Crippen LogP contribution in [-0.4, -0.2) is 18.2 Å². The fourth-order valence-electron chi connectivity index (χ4n) is 2.88. The van der Waals surface area contributed by atoms with Crippen molar-refractivity contribution in [2.24, 2.45) is 11.8 Å². The van der Waals surface area contributed by atoms with E-state index >= 15 is 0 Å². The molecule has 100 valence electrons. The minimum absolute atomic E-state index is 0.264. The lowest BCUT2D eigenvalue weighted by Crippen LogP contribution is -2.46. The fraction of sp³-hybridized carbons (Fsp3) is 0.625. The van der Waals surface area contributed by atoms with Crippen LogP contribution in [-0.2, 0) is 12.0 Å². The number of piperidine rings is 1. The van der Waals surface area contributed by atoms with Crippen LogP contribution in [0.1, 0.15) is 38.3 Å². The Hall–Kier alpha value is -0.860. The quantitative estimate of drug-likeness (QED) is 0.861. The van der Waals surface area contributed by atoms with Crippen LogP contribution in [0.25, 0.3) is 0 Å². The molecule has 0 saturated carbocycles. The average molecular weight is 247 g/mol. The number of rotatable bonds is 3. The van der Waals surface area contributed by atoms with Crippen LogP contribution in [0.3, 0.4) is 0 Å². The first-order valence-corrected chi connectivity index (χ1v) is 7.05. The van der Waals surface area contributed by atoms with E-state index in [4.69, 9.17) is 0 Å². The van der Waals surface area contributed by atoms with Gasteiger partial charge in [0.25, 0.3) is 0 Å². The lowest BCUT2D eigenvalue weighted by molar-refractivity contribution is -0.0392. The van der Waals surface area contributed by atoms with E-state index in [9.17, 15) is 5.11 Å². The van der Waals surface area contributed by atoms with Crippen molar-refractivity contribution in [3.05, 3.63) is 35.4 Å². The molecule has 1 aliphatic heterocycles. The molecule has 18 heavy (non-hydrogen) atoms. The van der Waals surface area contributed by atoms with Gasteiger partial charge in [-0.05, 0) is 36.4 Å². The van der Waals surface area contributed by atoms with E-state index in [1.54, 1.807) is 0 Å². The van der Waals surface area contributed by atoms with Gasteiger partial charge in [0.05, 0.1) is 5.60 Å². The van der Waals surface area contributed by atoms with Gasteiger partial charge in [-0.1, -0.05) is 45.0 Å². The maximum atomic E-state index is 10.9. The normalized spacial score (nSPS) is 28.6. The molecular weight excluding hydrogens is 222 g/mol. The van der Waals surface area contributed by atoms with Crippen molar-refractivity contribution < 1.29 is 5.11 Å². The molecule has 2 atom stereocenters. The van der Waals surface area contributed by atoms with Crippen molar-refractivity contribution in [1.82, 2.24) is 5.32 Å². The number of aliphatic hydroxyl groups is 1. The Morgan fingerprint density at radius 2 is 2.22 bits per heavy atom. The molecular formula is C16H25NO. The monoisotopic (exact) mass is 247 g/mol. The van der Waals surface area contributed by atoms with E-state index in [2.05, 4.69) is 50.4 Å². The Morgan fingerprint density at radius 3 is 2.89 bits per heavy atom. The zero-order valence-corrected chi connectivity index (χ0v) is 11.7. The molecule has 0 aromatic heterocycles. The second-order valence-electron chi connectivity index (χ2n) is 6.08. The SMILES string of the molecule is CC(C)Cc1cccc(C2(O)CCNCC2C)c1. The van der Waals surface area contributed by atoms with Gasteiger partial charge in [-0.15, -0.1) is 0 Å². The first-order chi connectivity index (χ1) is 8.52. The third-order valence-corrected chi connectivity index (χ3v) is 4.02. The van der Waals surface area contributed by atoms with E-state index in [0.29, 0.717) is 5.92 Å². The summed E-state index contributed by atoms with van der Waals surface area (Å²) in [5, 5.41) is 14.3. The van der Waals surface area contributed by atoms with Gasteiger partial charge in [-0.3, -0.25) is 0 Å². The van der Waals surface area contributed by atoms with Crippen molar-refractivity contribution in [3.8, 4) is 0 Å². The molecule has 1 fully saturated rings. The summed E-state index contributed by atoms with van der Waals surface area (Å²) in [5.74, 6) is 0.917. The molecule has 1 saturated heterocycles. The van der Waals surface area contributed by atoms with E-state index < -0.39 is 5.60 Å². The van der Waals surface area contributed by atoms with Crippen LogP contribution in [0, 0.1) is 11.8 Å². The standard InChI is InChI=1S/C16H25NO/c1-12(2)9-14-5-4-6-15(10-14)16(18)7-8-17-11-13(16)3/h4-6,10,12-13,17-18H,7-9,11H2,1-3H3. The minimum Gasteiger partial charge on any atom is -0.385 e. The van der Waals surface area contributed by atoms with E-state index in [-0.39, 0.29) is 5.92 Å². The number of hydrogen-bond acceptors (Lipinski definition) is 2. The Morgan fingerprint density at radius 1 is 1.44 bits per heavy atom. The van der Waals surface area contributed by atoms with Gasteiger partial charge in [-0.2, -0.15) is 0 Å². The molecule has 2 N–H and O–H groups in total. The van der Waals surface area contributed by atoms with E-state index in [1.807, 2.05) is 0 Å². The maximum Gasteiger partial charge on any atom is 0.0946 e. The summed E-state index contributed by atoms with van der Waals surface area (Å²) in [4.78, 5) is 0. The Balaban J connectivity index is 2.26. The Kier molecular flexibility index (Phi) is 4.08. The van der Waals surface area contributed by atoms with Gasteiger partial charge in [0.15, 0.2) is 0 Å². The lowest BCUT2D eigenvalue weighted by atomic mass is 9.77. The number of benzene rings is 1. The van der Waals surface area contributed by atoms with Crippen LogP contribution in [0.2, 0.25) is 0 Å². The van der Waals surface area contributed by atoms with Gasteiger partial charge >= 0.3 is 0 Å². The molecule has 2 nitrogen and oxygen atoms in total. The van der Waals surface area contributed by atoms with Crippen LogP contribution in [0.5, 0.6) is 0 Å². The van der Waals surface area contributed by atoms with Gasteiger partial charge in [-0.25, -0.2) is 0 Å². The third kappa shape index (κ3) is 2.76. The van der Waals surface area contributed by atoms with Crippen molar-refractivity contribution in [1.29, 1.82) is 0 Å². The largest absolute Gasteiger partial charge is 0.385 e. The molecule has 1 aromatic rings. The lowest BCUT2D eigenvalue weighted by Gasteiger charge is -2.39. The molecule has 2 heteroatoms. The summed E-state index contributed by atoms with van der Waals surface area (Å²) in [6.07, 6.45) is 1.88. The highest BCUT2D eigenvalue weighted by molar-refractivity contribution is 5.29. The highest BCUT2D eigenvalue weighted by atomic mass is 16.3. The first-order valence-electron chi connectivity index (χ1n) is 7.05. The Bertz CT molecular complexity index is 402. The summed E-state index contributed by atoms with van der Waals surface area (Å²) in [6.45, 7) is 8.38. The highest BCUT2D eigenvalue weighted by Crippen LogP contribution is 2.35. The van der Waals surface area contributed by atoms with E-state index in [1.165, 1.54) is 5.56 Å².